The summed E-state index contributed by atoms with van der Waals surface area (Å²) < 4.78 is 1.36. The van der Waals surface area contributed by atoms with Crippen LogP contribution in [0.3, 0.4) is 0 Å². The van der Waals surface area contributed by atoms with Crippen molar-refractivity contribution in [2.45, 2.75) is 34.2 Å². The van der Waals surface area contributed by atoms with Gasteiger partial charge in [-0.3, -0.25) is 4.79 Å². The molecule has 0 aliphatic rings. The molecular formula is C17H23N3O2. The maximum atomic E-state index is 12.2. The highest BCUT2D eigenvalue weighted by Gasteiger charge is 2.11. The van der Waals surface area contributed by atoms with Crippen molar-refractivity contribution in [3.63, 3.8) is 0 Å². The first-order valence-electron chi connectivity index (χ1n) is 7.49. The minimum absolute atomic E-state index is 0.0668. The van der Waals surface area contributed by atoms with E-state index in [1.54, 1.807) is 0 Å². The summed E-state index contributed by atoms with van der Waals surface area (Å²) in [6.45, 7) is 9.37. The van der Waals surface area contributed by atoms with Crippen molar-refractivity contribution < 1.29 is 5.11 Å². The zero-order valence-electron chi connectivity index (χ0n) is 13.6. The van der Waals surface area contributed by atoms with E-state index in [4.69, 9.17) is 0 Å². The zero-order valence-corrected chi connectivity index (χ0v) is 13.6. The van der Waals surface area contributed by atoms with E-state index in [9.17, 15) is 9.90 Å². The van der Waals surface area contributed by atoms with Crippen molar-refractivity contribution in [1.29, 1.82) is 0 Å². The van der Waals surface area contributed by atoms with E-state index in [-0.39, 0.29) is 11.3 Å². The van der Waals surface area contributed by atoms with Gasteiger partial charge in [-0.25, -0.2) is 0 Å². The topological polar surface area (TPSA) is 67.2 Å². The number of benzene rings is 1. The fourth-order valence-corrected chi connectivity index (χ4v) is 2.21. The van der Waals surface area contributed by atoms with Gasteiger partial charge in [-0.05, 0) is 43.5 Å². The molecule has 0 aliphatic carbocycles. The Morgan fingerprint density at radius 3 is 2.68 bits per heavy atom. The van der Waals surface area contributed by atoms with E-state index in [0.717, 1.165) is 23.4 Å². The largest absolute Gasteiger partial charge is 0.506 e. The molecule has 0 bridgehead atoms. The van der Waals surface area contributed by atoms with Crippen LogP contribution in [0.5, 0.6) is 5.75 Å². The number of nitrogens with one attached hydrogen (secondary N) is 1. The quantitative estimate of drug-likeness (QED) is 0.889. The number of hydrogen-bond donors (Lipinski definition) is 2. The normalized spacial score (nSPS) is 11.1. The molecule has 1 heterocycles. The lowest BCUT2D eigenvalue weighted by Gasteiger charge is -2.13. The lowest BCUT2D eigenvalue weighted by atomic mass is 10.1. The summed E-state index contributed by atoms with van der Waals surface area (Å²) >= 11 is 0. The molecule has 5 heteroatoms. The molecule has 2 rings (SSSR count). The Kier molecular flexibility index (Phi) is 4.98. The van der Waals surface area contributed by atoms with Gasteiger partial charge in [0.2, 0.25) is 0 Å². The van der Waals surface area contributed by atoms with Crippen LogP contribution in [0.15, 0.2) is 29.1 Å². The van der Waals surface area contributed by atoms with Crippen molar-refractivity contribution in [2.24, 2.45) is 5.92 Å². The smallest absolute Gasteiger partial charge is 0.275 e. The van der Waals surface area contributed by atoms with Crippen LogP contribution in [-0.4, -0.2) is 21.4 Å². The maximum absolute atomic E-state index is 12.2. The number of hydrogen-bond acceptors (Lipinski definition) is 4. The number of aryl methyl sites for hydroxylation is 2. The average Bonchev–Trinajstić information content (AvgIpc) is 2.44. The van der Waals surface area contributed by atoms with E-state index in [1.165, 1.54) is 10.7 Å². The molecule has 2 aromatic rings. The molecule has 0 saturated carbocycles. The van der Waals surface area contributed by atoms with Crippen molar-refractivity contribution >= 4 is 0 Å². The highest BCUT2D eigenvalue weighted by Crippen LogP contribution is 2.16. The van der Waals surface area contributed by atoms with Crippen LogP contribution in [-0.2, 0) is 6.54 Å². The summed E-state index contributed by atoms with van der Waals surface area (Å²) in [6.07, 6.45) is 0. The Morgan fingerprint density at radius 2 is 2.00 bits per heavy atom. The molecule has 1 aromatic carbocycles. The van der Waals surface area contributed by atoms with Gasteiger partial charge in [-0.1, -0.05) is 26.0 Å². The SMILES string of the molecule is Cc1ccc(C)c(-n2nc(CNCC(C)C)c(O)cc2=O)c1. The van der Waals surface area contributed by atoms with Crippen LogP contribution in [0.4, 0.5) is 0 Å². The third kappa shape index (κ3) is 3.74. The standard InChI is InChI=1S/C17H23N3O2/c1-11(2)9-18-10-14-16(21)8-17(22)20(19-14)15-7-12(3)5-6-13(15)4/h5-8,11,18,21H,9-10H2,1-4H3. The molecule has 0 radical (unpaired) electrons. The minimum atomic E-state index is -0.334. The van der Waals surface area contributed by atoms with E-state index < -0.39 is 0 Å². The molecule has 0 atom stereocenters. The average molecular weight is 301 g/mol. The molecular weight excluding hydrogens is 278 g/mol. The van der Waals surface area contributed by atoms with Gasteiger partial charge in [-0.2, -0.15) is 9.78 Å². The zero-order chi connectivity index (χ0) is 16.3. The van der Waals surface area contributed by atoms with Crippen LogP contribution in [0.25, 0.3) is 5.69 Å². The Labute approximate surface area is 130 Å². The fourth-order valence-electron chi connectivity index (χ4n) is 2.21. The molecule has 22 heavy (non-hydrogen) atoms. The van der Waals surface area contributed by atoms with E-state index in [1.807, 2.05) is 32.0 Å². The van der Waals surface area contributed by atoms with Gasteiger partial charge in [-0.15, -0.1) is 0 Å². The van der Waals surface area contributed by atoms with Gasteiger partial charge in [0.15, 0.2) is 0 Å². The summed E-state index contributed by atoms with van der Waals surface area (Å²) in [5, 5.41) is 17.5. The maximum Gasteiger partial charge on any atom is 0.275 e. The van der Waals surface area contributed by atoms with Crippen LogP contribution in [0.2, 0.25) is 0 Å². The first-order chi connectivity index (χ1) is 10.4. The second kappa shape index (κ2) is 6.75. The van der Waals surface area contributed by atoms with Crippen molar-refractivity contribution in [3.8, 4) is 11.4 Å². The monoisotopic (exact) mass is 301 g/mol. The van der Waals surface area contributed by atoms with E-state index in [0.29, 0.717) is 18.2 Å². The molecule has 2 N–H and O–H groups in total. The first kappa shape index (κ1) is 16.2. The molecule has 5 nitrogen and oxygen atoms in total. The second-order valence-electron chi connectivity index (χ2n) is 6.04. The van der Waals surface area contributed by atoms with Gasteiger partial charge < -0.3 is 10.4 Å². The lowest BCUT2D eigenvalue weighted by molar-refractivity contribution is 0.447. The first-order valence-corrected chi connectivity index (χ1v) is 7.49. The number of nitrogens with zero attached hydrogens (tertiary/aromatic N) is 2. The highest BCUT2D eigenvalue weighted by atomic mass is 16.3. The van der Waals surface area contributed by atoms with Gasteiger partial charge in [0.1, 0.15) is 11.4 Å². The fraction of sp³-hybridized carbons (Fsp3) is 0.412. The molecule has 0 amide bonds. The predicted molar refractivity (Wildman–Crippen MR) is 87.5 cm³/mol. The molecule has 0 aliphatic heterocycles. The third-order valence-electron chi connectivity index (χ3n) is 3.42. The van der Waals surface area contributed by atoms with Gasteiger partial charge >= 0.3 is 0 Å². The Morgan fingerprint density at radius 1 is 1.27 bits per heavy atom. The Hall–Kier alpha value is -2.14. The number of rotatable bonds is 5. The van der Waals surface area contributed by atoms with Gasteiger partial charge in [0, 0.05) is 12.6 Å². The lowest BCUT2D eigenvalue weighted by Crippen LogP contribution is -2.26. The van der Waals surface area contributed by atoms with Crippen LogP contribution >= 0.6 is 0 Å². The Bertz CT molecular complexity index is 720. The summed E-state index contributed by atoms with van der Waals surface area (Å²) in [5.41, 5.74) is 2.91. The molecule has 0 saturated heterocycles. The molecule has 1 aromatic heterocycles. The van der Waals surface area contributed by atoms with Crippen molar-refractivity contribution in [3.05, 3.63) is 51.4 Å². The Balaban J connectivity index is 2.40. The van der Waals surface area contributed by atoms with Crippen LogP contribution in [0.1, 0.15) is 30.7 Å². The van der Waals surface area contributed by atoms with E-state index >= 15 is 0 Å². The third-order valence-corrected chi connectivity index (χ3v) is 3.42. The highest BCUT2D eigenvalue weighted by molar-refractivity contribution is 5.43. The number of aromatic nitrogens is 2. The second-order valence-corrected chi connectivity index (χ2v) is 6.04. The van der Waals surface area contributed by atoms with Crippen LogP contribution in [0, 0.1) is 19.8 Å². The summed E-state index contributed by atoms with van der Waals surface area (Å²) in [4.78, 5) is 12.2. The molecule has 0 fully saturated rings. The molecule has 0 unspecified atom stereocenters. The molecule has 0 spiro atoms. The number of aromatic hydroxyl groups is 1. The predicted octanol–water partition coefficient (Wildman–Crippen LogP) is 2.30. The summed E-state index contributed by atoms with van der Waals surface area (Å²) in [6, 6.07) is 7.10. The van der Waals surface area contributed by atoms with Crippen molar-refractivity contribution in [1.82, 2.24) is 15.1 Å². The molecule has 118 valence electrons. The van der Waals surface area contributed by atoms with Gasteiger partial charge in [0.25, 0.3) is 5.56 Å². The van der Waals surface area contributed by atoms with E-state index in [2.05, 4.69) is 24.3 Å². The summed E-state index contributed by atoms with van der Waals surface area (Å²) in [7, 11) is 0. The summed E-state index contributed by atoms with van der Waals surface area (Å²) in [5.74, 6) is 0.440. The minimum Gasteiger partial charge on any atom is -0.506 e. The van der Waals surface area contributed by atoms with Crippen LogP contribution < -0.4 is 10.9 Å². The van der Waals surface area contributed by atoms with Crippen molar-refractivity contribution in [2.75, 3.05) is 6.54 Å². The van der Waals surface area contributed by atoms with Gasteiger partial charge in [0.05, 0.1) is 5.69 Å².